The normalized spacial score (nSPS) is 23.9. The molecular weight excluding hydrogens is 670 g/mol. The highest BCUT2D eigenvalue weighted by Crippen LogP contribution is 2.59. The van der Waals surface area contributed by atoms with E-state index in [0.29, 0.717) is 31.4 Å². The van der Waals surface area contributed by atoms with E-state index in [0.717, 1.165) is 22.3 Å². The summed E-state index contributed by atoms with van der Waals surface area (Å²) in [7, 11) is 0. The third-order valence-electron chi connectivity index (χ3n) is 10.9. The zero-order valence-electron chi connectivity index (χ0n) is 30.5. The molecule has 0 radical (unpaired) electrons. The monoisotopic (exact) mass is 719 g/mol. The van der Waals surface area contributed by atoms with E-state index >= 15 is 4.79 Å². The van der Waals surface area contributed by atoms with Crippen molar-refractivity contribution in [3.63, 3.8) is 0 Å². The van der Waals surface area contributed by atoms with Gasteiger partial charge < -0.3 is 29.7 Å². The molecule has 3 saturated heterocycles. The van der Waals surface area contributed by atoms with Crippen LogP contribution in [0.25, 0.3) is 0 Å². The van der Waals surface area contributed by atoms with E-state index in [1.54, 1.807) is 17.1 Å². The minimum atomic E-state index is -1.30. The molecule has 6 rings (SSSR count). The second-order valence-electron chi connectivity index (χ2n) is 14.3. The predicted molar refractivity (Wildman–Crippen MR) is 202 cm³/mol. The molecule has 3 amide bonds. The van der Waals surface area contributed by atoms with E-state index in [2.05, 4.69) is 18.5 Å². The van der Waals surface area contributed by atoms with E-state index in [4.69, 9.17) is 9.47 Å². The molecule has 3 aromatic carbocycles. The Kier molecular flexibility index (Phi) is 11.6. The number of allylic oxidation sites excluding steroid dienone is 1. The van der Waals surface area contributed by atoms with Gasteiger partial charge in [0.05, 0.1) is 36.6 Å². The highest BCUT2D eigenvalue weighted by molar-refractivity contribution is 6.05. The number of hydrogen-bond donors (Lipinski definition) is 2. The predicted octanol–water partition coefficient (Wildman–Crippen LogP) is 5.17. The van der Waals surface area contributed by atoms with Crippen molar-refractivity contribution in [2.24, 2.45) is 11.8 Å². The average Bonchev–Trinajstić information content (AvgIpc) is 3.82. The summed E-state index contributed by atoms with van der Waals surface area (Å²) in [6, 6.07) is 22.1. The molecule has 3 heterocycles. The van der Waals surface area contributed by atoms with Crippen molar-refractivity contribution in [2.45, 2.75) is 75.8 Å². The molecule has 278 valence electrons. The highest BCUT2D eigenvalue weighted by atomic mass is 16.5. The zero-order valence-corrected chi connectivity index (χ0v) is 30.5. The highest BCUT2D eigenvalue weighted by Gasteiger charge is 2.75. The molecule has 0 saturated carbocycles. The average molecular weight is 720 g/mol. The number of carbonyl (C=O) groups excluding carboxylic acids is 4. The summed E-state index contributed by atoms with van der Waals surface area (Å²) in [4.78, 5) is 60.3. The molecule has 1 spiro atoms. The summed E-state index contributed by atoms with van der Waals surface area (Å²) in [6.45, 7) is 11.2. The van der Waals surface area contributed by atoms with Crippen LogP contribution in [-0.4, -0.2) is 77.2 Å². The van der Waals surface area contributed by atoms with Crippen LogP contribution >= 0.6 is 0 Å². The van der Waals surface area contributed by atoms with Gasteiger partial charge in [-0.1, -0.05) is 84.9 Å². The van der Waals surface area contributed by atoms with Crippen LogP contribution in [0, 0.1) is 25.7 Å². The van der Waals surface area contributed by atoms with E-state index < -0.39 is 66.1 Å². The molecule has 0 unspecified atom stereocenters. The van der Waals surface area contributed by atoms with Gasteiger partial charge in [0.2, 0.25) is 11.8 Å². The Labute approximate surface area is 311 Å². The number of benzene rings is 3. The van der Waals surface area contributed by atoms with Crippen LogP contribution in [0.15, 0.2) is 104 Å². The fourth-order valence-electron chi connectivity index (χ4n) is 8.44. The number of anilines is 1. The number of ether oxygens (including phenoxy) is 2. The molecular formula is C43H49N3O7. The van der Waals surface area contributed by atoms with Gasteiger partial charge in [-0.25, -0.2) is 0 Å². The van der Waals surface area contributed by atoms with Crippen molar-refractivity contribution >= 4 is 29.4 Å². The largest absolute Gasteiger partial charge is 0.463 e. The number of aryl methyl sites for hydroxylation is 2. The first kappa shape index (κ1) is 37.7. The molecule has 3 aliphatic rings. The molecule has 0 aliphatic carbocycles. The molecule has 10 heteroatoms. The van der Waals surface area contributed by atoms with Crippen molar-refractivity contribution in [1.29, 1.82) is 0 Å². The first-order chi connectivity index (χ1) is 25.6. The molecule has 3 aromatic rings. The molecule has 2 N–H and O–H groups in total. The van der Waals surface area contributed by atoms with Crippen molar-refractivity contribution in [3.05, 3.63) is 126 Å². The molecule has 7 atom stereocenters. The molecule has 53 heavy (non-hydrogen) atoms. The van der Waals surface area contributed by atoms with Gasteiger partial charge in [0.1, 0.15) is 18.2 Å². The number of fused-ring (bicyclic) bond motifs is 1. The van der Waals surface area contributed by atoms with Crippen LogP contribution < -0.4 is 10.2 Å². The number of amides is 3. The SMILES string of the molecule is C=CCCC(=O)OC[C@H](NC(=O)[C@@H]1[C@H]2C(=O)N([C@@H](CO)Cc3ccccc3)[C@H](C(=O)N(CC=C)c3cc(C)ccc3C)[C@]23CC[C@H]1O3)c1ccccc1. The van der Waals surface area contributed by atoms with Gasteiger partial charge in [-0.15, -0.1) is 13.2 Å². The van der Waals surface area contributed by atoms with Crippen molar-refractivity contribution in [3.8, 4) is 0 Å². The van der Waals surface area contributed by atoms with E-state index in [1.807, 2.05) is 92.7 Å². The van der Waals surface area contributed by atoms with Crippen LogP contribution in [0.1, 0.15) is 54.0 Å². The van der Waals surface area contributed by atoms with Crippen molar-refractivity contribution < 1.29 is 33.8 Å². The number of rotatable bonds is 16. The molecule has 3 aliphatic heterocycles. The number of carbonyl (C=O) groups is 4. The van der Waals surface area contributed by atoms with Gasteiger partial charge in [0.25, 0.3) is 5.91 Å². The zero-order chi connectivity index (χ0) is 37.7. The second-order valence-corrected chi connectivity index (χ2v) is 14.3. The number of esters is 1. The standard InChI is InChI=1S/C43H49N3O7/c1-5-7-18-36(48)52-27-33(31-16-12-9-13-17-31)44-40(49)37-35-21-22-43(53-35)38(37)41(50)46(32(26-47)25-30-14-10-8-11-15-30)39(43)42(51)45(23-6-2)34-24-28(3)19-20-29(34)4/h5-6,8-17,19-20,24,32-33,35,37-39,47H,1-2,7,18,21-23,25-27H2,3-4H3,(H,44,49)/t32-,33+,35-,37+,38+,39-,43+/m1/s1. The quantitative estimate of drug-likeness (QED) is 0.155. The third kappa shape index (κ3) is 7.43. The lowest BCUT2D eigenvalue weighted by Crippen LogP contribution is -2.59. The van der Waals surface area contributed by atoms with Gasteiger partial charge in [-0.2, -0.15) is 0 Å². The maximum atomic E-state index is 15.2. The van der Waals surface area contributed by atoms with Crippen molar-refractivity contribution in [1.82, 2.24) is 10.2 Å². The topological polar surface area (TPSA) is 125 Å². The summed E-state index contributed by atoms with van der Waals surface area (Å²) in [6.07, 6.45) is 4.49. The molecule has 0 aromatic heterocycles. The van der Waals surface area contributed by atoms with Crippen LogP contribution in [0.5, 0.6) is 0 Å². The number of hydrogen-bond acceptors (Lipinski definition) is 7. The van der Waals surface area contributed by atoms with Gasteiger partial charge >= 0.3 is 5.97 Å². The second kappa shape index (κ2) is 16.3. The number of aliphatic hydroxyl groups excluding tert-OH is 1. The van der Waals surface area contributed by atoms with Crippen LogP contribution in [0.3, 0.4) is 0 Å². The van der Waals surface area contributed by atoms with E-state index in [-0.39, 0.29) is 25.5 Å². The Hall–Kier alpha value is -5.06. The summed E-state index contributed by atoms with van der Waals surface area (Å²) in [5.41, 5.74) is 2.87. The number of nitrogens with one attached hydrogen (secondary N) is 1. The maximum Gasteiger partial charge on any atom is 0.306 e. The first-order valence-corrected chi connectivity index (χ1v) is 18.4. The Morgan fingerprint density at radius 1 is 1.06 bits per heavy atom. The minimum absolute atomic E-state index is 0.100. The fraction of sp³-hybridized carbons (Fsp3) is 0.395. The van der Waals surface area contributed by atoms with Gasteiger partial charge in [0.15, 0.2) is 0 Å². The van der Waals surface area contributed by atoms with Crippen LogP contribution in [-0.2, 0) is 35.1 Å². The van der Waals surface area contributed by atoms with Gasteiger partial charge in [-0.3, -0.25) is 19.2 Å². The minimum Gasteiger partial charge on any atom is -0.463 e. The van der Waals surface area contributed by atoms with E-state index in [9.17, 15) is 19.5 Å². The summed E-state index contributed by atoms with van der Waals surface area (Å²) >= 11 is 0. The molecule has 3 fully saturated rings. The number of nitrogens with zero attached hydrogens (tertiary/aromatic N) is 2. The van der Waals surface area contributed by atoms with Crippen LogP contribution in [0.4, 0.5) is 5.69 Å². The number of likely N-dealkylation sites (tertiary alicyclic amines) is 1. The van der Waals surface area contributed by atoms with E-state index in [1.165, 1.54) is 4.90 Å². The lowest BCUT2D eigenvalue weighted by Gasteiger charge is -2.39. The summed E-state index contributed by atoms with van der Waals surface area (Å²) < 4.78 is 12.3. The lowest BCUT2D eigenvalue weighted by molar-refractivity contribution is -0.146. The van der Waals surface area contributed by atoms with Gasteiger partial charge in [0, 0.05) is 18.7 Å². The van der Waals surface area contributed by atoms with Crippen LogP contribution in [0.2, 0.25) is 0 Å². The number of aliphatic hydroxyl groups is 1. The van der Waals surface area contributed by atoms with Crippen molar-refractivity contribution in [2.75, 3.05) is 24.7 Å². The third-order valence-corrected chi connectivity index (χ3v) is 10.9. The molecule has 2 bridgehead atoms. The fourth-order valence-corrected chi connectivity index (χ4v) is 8.44. The Bertz CT molecular complexity index is 1830. The summed E-state index contributed by atoms with van der Waals surface area (Å²) in [5.74, 6) is -3.46. The Morgan fingerprint density at radius 3 is 2.45 bits per heavy atom. The van der Waals surface area contributed by atoms with Gasteiger partial charge in [-0.05, 0) is 67.9 Å². The first-order valence-electron chi connectivity index (χ1n) is 18.4. The Morgan fingerprint density at radius 2 is 1.77 bits per heavy atom. The maximum absolute atomic E-state index is 15.2. The molecule has 10 nitrogen and oxygen atoms in total. The summed E-state index contributed by atoms with van der Waals surface area (Å²) in [5, 5.41) is 14.0. The Balaban J connectivity index is 1.37. The lowest BCUT2D eigenvalue weighted by atomic mass is 9.70. The smallest absolute Gasteiger partial charge is 0.306 e.